The number of aromatic nitrogens is 2. The highest BCUT2D eigenvalue weighted by molar-refractivity contribution is 7.03. The Hall–Kier alpha value is -2.27. The molecule has 0 radical (unpaired) electrons. The van der Waals surface area contributed by atoms with Gasteiger partial charge < -0.3 is 4.90 Å². The van der Waals surface area contributed by atoms with E-state index in [-0.39, 0.29) is 11.9 Å². The fourth-order valence-corrected chi connectivity index (χ4v) is 3.87. The minimum atomic E-state index is 0.0153. The molecule has 1 saturated heterocycles. The van der Waals surface area contributed by atoms with Crippen molar-refractivity contribution in [3.63, 3.8) is 0 Å². The Kier molecular flexibility index (Phi) is 3.79. The molecule has 0 aliphatic carbocycles. The number of hydrogen-bond donors (Lipinski definition) is 0. The van der Waals surface area contributed by atoms with Gasteiger partial charge >= 0.3 is 0 Å². The maximum Gasteiger partial charge on any atom is 0.275 e. The highest BCUT2D eigenvalue weighted by Crippen LogP contribution is 2.26. The van der Waals surface area contributed by atoms with Crippen LogP contribution >= 0.6 is 11.5 Å². The molecule has 1 aliphatic rings. The summed E-state index contributed by atoms with van der Waals surface area (Å²) >= 11 is 1.23. The predicted octanol–water partition coefficient (Wildman–Crippen LogP) is 3.54. The van der Waals surface area contributed by atoms with E-state index in [1.165, 1.54) is 27.9 Å². The largest absolute Gasteiger partial charge is 0.334 e. The molecule has 1 aromatic heterocycles. The first kappa shape index (κ1) is 14.3. The van der Waals surface area contributed by atoms with Crippen molar-refractivity contribution < 1.29 is 4.79 Å². The lowest BCUT2D eigenvalue weighted by molar-refractivity contribution is 0.0730. The molecule has 0 N–H and O–H groups in total. The SMILES string of the molecule is O=C(c1csnn1)N1CCCC1Cc1cccc2ccccc12. The van der Waals surface area contributed by atoms with E-state index in [1.807, 2.05) is 4.90 Å². The maximum atomic E-state index is 12.6. The number of carbonyl (C=O) groups is 1. The van der Waals surface area contributed by atoms with Crippen LogP contribution in [0.15, 0.2) is 47.8 Å². The quantitative estimate of drug-likeness (QED) is 0.740. The number of carbonyl (C=O) groups excluding carboxylic acids is 1. The lowest BCUT2D eigenvalue weighted by Crippen LogP contribution is -2.37. The number of hydrogen-bond acceptors (Lipinski definition) is 4. The van der Waals surface area contributed by atoms with Gasteiger partial charge in [-0.15, -0.1) is 5.10 Å². The first-order chi connectivity index (χ1) is 11.3. The van der Waals surface area contributed by atoms with Crippen molar-refractivity contribution in [2.45, 2.75) is 25.3 Å². The van der Waals surface area contributed by atoms with Gasteiger partial charge in [0.2, 0.25) is 0 Å². The van der Waals surface area contributed by atoms with E-state index in [9.17, 15) is 4.79 Å². The Labute approximate surface area is 138 Å². The Balaban J connectivity index is 1.61. The molecule has 1 atom stereocenters. The number of benzene rings is 2. The normalized spacial score (nSPS) is 17.7. The Bertz CT molecular complexity index is 826. The van der Waals surface area contributed by atoms with Crippen LogP contribution in [0, 0.1) is 0 Å². The smallest absolute Gasteiger partial charge is 0.275 e. The zero-order valence-electron chi connectivity index (χ0n) is 12.7. The molecule has 2 heterocycles. The molecule has 1 unspecified atom stereocenters. The average Bonchev–Trinajstić information content (AvgIpc) is 3.26. The molecule has 0 saturated carbocycles. The molecule has 1 aliphatic heterocycles. The van der Waals surface area contributed by atoms with E-state index in [0.717, 1.165) is 25.8 Å². The predicted molar refractivity (Wildman–Crippen MR) is 91.6 cm³/mol. The van der Waals surface area contributed by atoms with Crippen LogP contribution in [-0.2, 0) is 6.42 Å². The Morgan fingerprint density at radius 1 is 1.22 bits per heavy atom. The van der Waals surface area contributed by atoms with E-state index in [4.69, 9.17) is 0 Å². The van der Waals surface area contributed by atoms with E-state index in [2.05, 4.69) is 52.1 Å². The third kappa shape index (κ3) is 2.72. The van der Waals surface area contributed by atoms with Gasteiger partial charge in [-0.1, -0.05) is 47.0 Å². The van der Waals surface area contributed by atoms with Crippen molar-refractivity contribution in [2.24, 2.45) is 0 Å². The van der Waals surface area contributed by atoms with Crippen LogP contribution in [0.5, 0.6) is 0 Å². The van der Waals surface area contributed by atoms with Crippen LogP contribution in [0.4, 0.5) is 0 Å². The van der Waals surface area contributed by atoms with Gasteiger partial charge in [0.05, 0.1) is 0 Å². The van der Waals surface area contributed by atoms with Crippen molar-refractivity contribution in [2.75, 3.05) is 6.54 Å². The van der Waals surface area contributed by atoms with E-state index < -0.39 is 0 Å². The minimum Gasteiger partial charge on any atom is -0.334 e. The van der Waals surface area contributed by atoms with Crippen molar-refractivity contribution >= 4 is 28.2 Å². The summed E-state index contributed by atoms with van der Waals surface area (Å²) in [6.07, 6.45) is 3.00. The molecule has 2 aromatic carbocycles. The van der Waals surface area contributed by atoms with Gasteiger partial charge in [0.1, 0.15) is 0 Å². The van der Waals surface area contributed by atoms with E-state index >= 15 is 0 Å². The molecule has 5 heteroatoms. The van der Waals surface area contributed by atoms with Crippen LogP contribution in [-0.4, -0.2) is 33.0 Å². The summed E-state index contributed by atoms with van der Waals surface area (Å²) in [5, 5.41) is 8.20. The van der Waals surface area contributed by atoms with Gasteiger partial charge in [-0.05, 0) is 47.1 Å². The standard InChI is InChI=1S/C18H17N3OS/c22-18(17-12-23-20-19-17)21-10-4-8-15(21)11-14-7-3-6-13-5-1-2-9-16(13)14/h1-3,5-7,9,12,15H,4,8,10-11H2. The van der Waals surface area contributed by atoms with Crippen molar-refractivity contribution in [3.8, 4) is 0 Å². The molecule has 4 nitrogen and oxygen atoms in total. The monoisotopic (exact) mass is 323 g/mol. The summed E-state index contributed by atoms with van der Waals surface area (Å²) < 4.78 is 3.81. The zero-order chi connectivity index (χ0) is 15.6. The van der Waals surface area contributed by atoms with Gasteiger partial charge in [-0.2, -0.15) is 0 Å². The lowest BCUT2D eigenvalue weighted by atomic mass is 9.97. The summed E-state index contributed by atoms with van der Waals surface area (Å²) in [6, 6.07) is 15.1. The van der Waals surface area contributed by atoms with Crippen molar-refractivity contribution in [3.05, 3.63) is 59.1 Å². The topological polar surface area (TPSA) is 46.1 Å². The minimum absolute atomic E-state index is 0.0153. The van der Waals surface area contributed by atoms with Crippen LogP contribution in [0.3, 0.4) is 0 Å². The number of amides is 1. The number of likely N-dealkylation sites (tertiary alicyclic amines) is 1. The second-order valence-corrected chi connectivity index (χ2v) is 6.54. The average molecular weight is 323 g/mol. The summed E-state index contributed by atoms with van der Waals surface area (Å²) in [7, 11) is 0. The molecule has 116 valence electrons. The Morgan fingerprint density at radius 2 is 2.09 bits per heavy atom. The molecule has 4 rings (SSSR count). The first-order valence-corrected chi connectivity index (χ1v) is 8.71. The van der Waals surface area contributed by atoms with Gasteiger partial charge in [0.15, 0.2) is 5.69 Å². The van der Waals surface area contributed by atoms with Crippen molar-refractivity contribution in [1.29, 1.82) is 0 Å². The highest BCUT2D eigenvalue weighted by atomic mass is 32.1. The van der Waals surface area contributed by atoms with Gasteiger partial charge in [0, 0.05) is 18.0 Å². The molecular formula is C18H17N3OS. The highest BCUT2D eigenvalue weighted by Gasteiger charge is 2.30. The fourth-order valence-electron chi connectivity index (χ4n) is 3.44. The summed E-state index contributed by atoms with van der Waals surface area (Å²) in [5.41, 5.74) is 1.78. The molecule has 1 fully saturated rings. The maximum absolute atomic E-state index is 12.6. The fraction of sp³-hybridized carbons (Fsp3) is 0.278. The number of rotatable bonds is 3. The number of fused-ring (bicyclic) bond motifs is 1. The second-order valence-electron chi connectivity index (χ2n) is 5.93. The summed E-state index contributed by atoms with van der Waals surface area (Å²) in [5.74, 6) is 0.0153. The zero-order valence-corrected chi connectivity index (χ0v) is 13.5. The molecule has 1 amide bonds. The number of nitrogens with zero attached hydrogens (tertiary/aromatic N) is 3. The summed E-state index contributed by atoms with van der Waals surface area (Å²) in [6.45, 7) is 0.811. The van der Waals surface area contributed by atoms with Crippen LogP contribution in [0.25, 0.3) is 10.8 Å². The first-order valence-electron chi connectivity index (χ1n) is 7.87. The molecular weight excluding hydrogens is 306 g/mol. The molecule has 0 spiro atoms. The van der Waals surface area contributed by atoms with Crippen LogP contribution in [0.2, 0.25) is 0 Å². The third-order valence-electron chi connectivity index (χ3n) is 4.55. The van der Waals surface area contributed by atoms with Crippen LogP contribution < -0.4 is 0 Å². The lowest BCUT2D eigenvalue weighted by Gasteiger charge is -2.24. The van der Waals surface area contributed by atoms with Gasteiger partial charge in [-0.3, -0.25) is 4.79 Å². The van der Waals surface area contributed by atoms with Gasteiger partial charge in [-0.25, -0.2) is 0 Å². The summed E-state index contributed by atoms with van der Waals surface area (Å²) in [4.78, 5) is 14.6. The van der Waals surface area contributed by atoms with E-state index in [1.54, 1.807) is 5.38 Å². The second kappa shape index (κ2) is 6.08. The van der Waals surface area contributed by atoms with Crippen molar-refractivity contribution in [1.82, 2.24) is 14.5 Å². The molecule has 3 aromatic rings. The Morgan fingerprint density at radius 3 is 2.96 bits per heavy atom. The third-order valence-corrected chi connectivity index (χ3v) is 5.06. The van der Waals surface area contributed by atoms with Gasteiger partial charge in [0.25, 0.3) is 5.91 Å². The molecule has 23 heavy (non-hydrogen) atoms. The van der Waals surface area contributed by atoms with Crippen LogP contribution in [0.1, 0.15) is 28.9 Å². The molecule has 0 bridgehead atoms. The van der Waals surface area contributed by atoms with E-state index in [0.29, 0.717) is 5.69 Å².